The minimum Gasteiger partial charge on any atom is -0.507 e. The number of aromatic hydroxyl groups is 1. The molecule has 0 spiro atoms. The highest BCUT2D eigenvalue weighted by atomic mass is 16.3. The van der Waals surface area contributed by atoms with Crippen molar-refractivity contribution in [2.45, 2.75) is 0 Å². The van der Waals surface area contributed by atoms with Gasteiger partial charge in [0, 0.05) is 5.39 Å². The quantitative estimate of drug-likeness (QED) is 0.209. The fraction of sp³-hybridized carbons (Fsp3) is 0. The summed E-state index contributed by atoms with van der Waals surface area (Å²) in [6.07, 6.45) is 0. The normalized spacial score (nSPS) is 11.6. The minimum atomic E-state index is 0.306. The van der Waals surface area contributed by atoms with Crippen LogP contribution in [-0.4, -0.2) is 5.11 Å². The van der Waals surface area contributed by atoms with Gasteiger partial charge in [-0.3, -0.25) is 0 Å². The highest BCUT2D eigenvalue weighted by molar-refractivity contribution is 6.24. The van der Waals surface area contributed by atoms with Crippen molar-refractivity contribution in [3.63, 3.8) is 0 Å². The van der Waals surface area contributed by atoms with Gasteiger partial charge in [0.15, 0.2) is 0 Å². The van der Waals surface area contributed by atoms with E-state index in [9.17, 15) is 5.11 Å². The third-order valence-corrected chi connectivity index (χ3v) is 9.31. The van der Waals surface area contributed by atoms with Gasteiger partial charge >= 0.3 is 0 Å². The summed E-state index contributed by atoms with van der Waals surface area (Å²) in [5.41, 5.74) is 7.18. The molecule has 0 aliphatic rings. The van der Waals surface area contributed by atoms with Crippen molar-refractivity contribution in [1.82, 2.24) is 0 Å². The highest BCUT2D eigenvalue weighted by Gasteiger charge is 2.18. The average Bonchev–Trinajstić information content (AvgIpc) is 3.10. The molecule has 0 unspecified atom stereocenters. The van der Waals surface area contributed by atoms with Gasteiger partial charge in [0.25, 0.3) is 0 Å². The smallest absolute Gasteiger partial charge is 0.123 e. The van der Waals surface area contributed by atoms with Gasteiger partial charge in [-0.25, -0.2) is 0 Å². The van der Waals surface area contributed by atoms with Crippen LogP contribution in [0, 0.1) is 0 Å². The van der Waals surface area contributed by atoms with Crippen molar-refractivity contribution in [3.8, 4) is 39.1 Å². The Hall–Kier alpha value is -5.92. The monoisotopic (exact) mass is 572 g/mol. The van der Waals surface area contributed by atoms with Crippen LogP contribution in [0.1, 0.15) is 0 Å². The molecule has 1 N–H and O–H groups in total. The lowest BCUT2D eigenvalue weighted by Crippen LogP contribution is -1.92. The lowest BCUT2D eigenvalue weighted by Gasteiger charge is -2.19. The molecule has 9 rings (SSSR count). The van der Waals surface area contributed by atoms with Gasteiger partial charge in [0.05, 0.1) is 0 Å². The maximum atomic E-state index is 10.6. The first kappa shape index (κ1) is 25.6. The molecule has 0 aromatic heterocycles. The molecule has 1 heteroatoms. The van der Waals surface area contributed by atoms with Crippen LogP contribution < -0.4 is 0 Å². The van der Waals surface area contributed by atoms with Crippen molar-refractivity contribution in [2.24, 2.45) is 0 Å². The van der Waals surface area contributed by atoms with Crippen LogP contribution >= 0.6 is 0 Å². The summed E-state index contributed by atoms with van der Waals surface area (Å²) < 4.78 is 0. The molecule has 0 aliphatic heterocycles. The molecule has 0 saturated carbocycles. The molecule has 0 fully saturated rings. The highest BCUT2D eigenvalue weighted by Crippen LogP contribution is 2.46. The third-order valence-electron chi connectivity index (χ3n) is 9.31. The zero-order valence-electron chi connectivity index (χ0n) is 24.5. The maximum absolute atomic E-state index is 10.6. The minimum absolute atomic E-state index is 0.306. The van der Waals surface area contributed by atoms with E-state index in [1.165, 1.54) is 65.3 Å². The Balaban J connectivity index is 1.33. The molecule has 0 amide bonds. The number of phenols is 1. The van der Waals surface area contributed by atoms with Gasteiger partial charge < -0.3 is 5.11 Å². The Morgan fingerprint density at radius 2 is 0.778 bits per heavy atom. The summed E-state index contributed by atoms with van der Waals surface area (Å²) in [6.45, 7) is 0. The topological polar surface area (TPSA) is 20.2 Å². The summed E-state index contributed by atoms with van der Waals surface area (Å²) in [7, 11) is 0. The molecule has 0 bridgehead atoms. The Morgan fingerprint density at radius 1 is 0.289 bits per heavy atom. The number of fused-ring (bicyclic) bond motifs is 5. The van der Waals surface area contributed by atoms with Crippen LogP contribution in [0.15, 0.2) is 164 Å². The molecule has 0 radical (unpaired) electrons. The van der Waals surface area contributed by atoms with Crippen LogP contribution in [0.25, 0.3) is 87.2 Å². The van der Waals surface area contributed by atoms with Gasteiger partial charge in [0.2, 0.25) is 0 Å². The second-order valence-corrected chi connectivity index (χ2v) is 11.9. The lowest BCUT2D eigenvalue weighted by molar-refractivity contribution is 0.481. The van der Waals surface area contributed by atoms with Gasteiger partial charge in [-0.15, -0.1) is 0 Å². The molecule has 0 aliphatic carbocycles. The Kier molecular flexibility index (Phi) is 5.73. The van der Waals surface area contributed by atoms with E-state index in [1.807, 2.05) is 12.1 Å². The Morgan fingerprint density at radius 3 is 1.47 bits per heavy atom. The molecule has 210 valence electrons. The fourth-order valence-corrected chi connectivity index (χ4v) is 7.18. The van der Waals surface area contributed by atoms with Gasteiger partial charge in [-0.1, -0.05) is 140 Å². The third kappa shape index (κ3) is 4.09. The zero-order valence-corrected chi connectivity index (χ0v) is 24.5. The van der Waals surface area contributed by atoms with E-state index >= 15 is 0 Å². The van der Waals surface area contributed by atoms with Crippen LogP contribution in [0.3, 0.4) is 0 Å². The molecule has 0 atom stereocenters. The predicted octanol–water partition coefficient (Wildman–Crippen LogP) is 12.2. The fourth-order valence-electron chi connectivity index (χ4n) is 7.18. The van der Waals surface area contributed by atoms with Crippen molar-refractivity contribution >= 4 is 53.9 Å². The molecular formula is C44H28O. The molecule has 9 aromatic rings. The standard InChI is InChI=1S/C44H28O/c45-42-18-8-12-30-21-23-33(27-41(30)42)32-22-20-29-11-7-17-39(40(29)26-32)44-37-15-5-3-13-35(37)43(36-14-4-6-16-38(36)44)34-24-19-28-9-1-2-10-31(28)25-34/h1-27,45H. The number of hydrogen-bond donors (Lipinski definition) is 1. The van der Waals surface area contributed by atoms with Crippen molar-refractivity contribution in [3.05, 3.63) is 164 Å². The largest absolute Gasteiger partial charge is 0.507 e. The van der Waals surface area contributed by atoms with Crippen molar-refractivity contribution in [1.29, 1.82) is 0 Å². The lowest BCUT2D eigenvalue weighted by atomic mass is 9.84. The van der Waals surface area contributed by atoms with E-state index in [-0.39, 0.29) is 0 Å². The van der Waals surface area contributed by atoms with E-state index in [2.05, 4.69) is 146 Å². The van der Waals surface area contributed by atoms with E-state index in [4.69, 9.17) is 0 Å². The number of hydrogen-bond acceptors (Lipinski definition) is 1. The number of benzene rings is 9. The van der Waals surface area contributed by atoms with Crippen molar-refractivity contribution < 1.29 is 5.11 Å². The van der Waals surface area contributed by atoms with E-state index in [0.717, 1.165) is 21.9 Å². The SMILES string of the molecule is Oc1cccc2ccc(-c3ccc4cccc(-c5c6ccccc6c(-c6ccc7ccccc7c6)c6ccccc56)c4c3)cc12. The summed E-state index contributed by atoms with van der Waals surface area (Å²) in [6, 6.07) is 58.5. The van der Waals surface area contributed by atoms with E-state index in [1.54, 1.807) is 6.07 Å². The van der Waals surface area contributed by atoms with Crippen LogP contribution in [0.5, 0.6) is 5.75 Å². The molecule has 1 nitrogen and oxygen atoms in total. The first-order chi connectivity index (χ1) is 22.2. The second-order valence-electron chi connectivity index (χ2n) is 11.9. The Labute approximate surface area is 261 Å². The predicted molar refractivity (Wildman–Crippen MR) is 192 cm³/mol. The van der Waals surface area contributed by atoms with E-state index in [0.29, 0.717) is 5.75 Å². The number of rotatable bonds is 3. The van der Waals surface area contributed by atoms with Gasteiger partial charge in [-0.2, -0.15) is 0 Å². The second kappa shape index (κ2) is 10.1. The summed E-state index contributed by atoms with van der Waals surface area (Å²) >= 11 is 0. The van der Waals surface area contributed by atoms with E-state index < -0.39 is 0 Å². The van der Waals surface area contributed by atoms with Crippen molar-refractivity contribution in [2.75, 3.05) is 0 Å². The molecule has 0 saturated heterocycles. The maximum Gasteiger partial charge on any atom is 0.123 e. The summed E-state index contributed by atoms with van der Waals surface area (Å²) in [5.74, 6) is 0.306. The number of phenolic OH excluding ortho intramolecular Hbond substituents is 1. The molecular weight excluding hydrogens is 544 g/mol. The first-order valence-electron chi connectivity index (χ1n) is 15.4. The van der Waals surface area contributed by atoms with Crippen LogP contribution in [0.2, 0.25) is 0 Å². The van der Waals surface area contributed by atoms with Crippen LogP contribution in [0.4, 0.5) is 0 Å². The summed E-state index contributed by atoms with van der Waals surface area (Å²) in [5, 5.41) is 22.4. The zero-order chi connectivity index (χ0) is 29.9. The molecule has 9 aromatic carbocycles. The summed E-state index contributed by atoms with van der Waals surface area (Å²) in [4.78, 5) is 0. The van der Waals surface area contributed by atoms with Gasteiger partial charge in [-0.05, 0) is 106 Å². The molecule has 45 heavy (non-hydrogen) atoms. The Bertz CT molecular complexity index is 2550. The first-order valence-corrected chi connectivity index (χ1v) is 15.4. The van der Waals surface area contributed by atoms with Crippen LogP contribution in [-0.2, 0) is 0 Å². The molecule has 0 heterocycles. The van der Waals surface area contributed by atoms with Gasteiger partial charge in [0.1, 0.15) is 5.75 Å². The average molecular weight is 573 g/mol.